The summed E-state index contributed by atoms with van der Waals surface area (Å²) in [5.41, 5.74) is -1.35. The van der Waals surface area contributed by atoms with Crippen molar-refractivity contribution >= 4 is 0 Å². The molecular weight excluding hydrogens is 222 g/mol. The van der Waals surface area contributed by atoms with E-state index in [1.165, 1.54) is 0 Å². The average molecular weight is 249 g/mol. The first-order chi connectivity index (χ1) is 8.28. The van der Waals surface area contributed by atoms with Crippen LogP contribution < -0.4 is 0 Å². The highest BCUT2D eigenvalue weighted by molar-refractivity contribution is 5.20. The van der Waals surface area contributed by atoms with E-state index in [4.69, 9.17) is 0 Å². The summed E-state index contributed by atoms with van der Waals surface area (Å²) in [6.45, 7) is 8.59. The fourth-order valence-corrected chi connectivity index (χ4v) is 3.76. The first-order valence-electron chi connectivity index (χ1n) is 7.42. The first kappa shape index (κ1) is 13.9. The molecule has 0 spiro atoms. The van der Waals surface area contributed by atoms with Gasteiger partial charge in [-0.15, -0.1) is 0 Å². The predicted molar refractivity (Wildman–Crippen MR) is 72.8 cm³/mol. The highest BCUT2D eigenvalue weighted by Gasteiger charge is 2.63. The third-order valence-corrected chi connectivity index (χ3v) is 6.15. The maximum absolute atomic E-state index is 11.0. The molecule has 2 heteroatoms. The van der Waals surface area contributed by atoms with Gasteiger partial charge in [0.2, 0.25) is 0 Å². The van der Waals surface area contributed by atoms with Crippen LogP contribution in [-0.2, 0) is 0 Å². The lowest BCUT2D eigenvalue weighted by atomic mass is 9.57. The highest BCUT2D eigenvalue weighted by Crippen LogP contribution is 2.63. The van der Waals surface area contributed by atoms with Crippen LogP contribution in [0.25, 0.3) is 0 Å². The number of aliphatic hydroxyl groups is 1. The Kier molecular flexibility index (Phi) is 3.26. The zero-order chi connectivity index (χ0) is 13.6. The quantitative estimate of drug-likeness (QED) is 0.824. The van der Waals surface area contributed by atoms with Crippen LogP contribution in [0.2, 0.25) is 0 Å². The minimum absolute atomic E-state index is 0.0204. The van der Waals surface area contributed by atoms with Crippen LogP contribution in [0.15, 0.2) is 0 Å². The summed E-state index contributed by atoms with van der Waals surface area (Å²) in [6, 6.07) is 2.51. The molecule has 0 bridgehead atoms. The van der Waals surface area contributed by atoms with Crippen LogP contribution in [0.5, 0.6) is 0 Å². The van der Waals surface area contributed by atoms with E-state index in [-0.39, 0.29) is 5.41 Å². The molecule has 2 nitrogen and oxygen atoms in total. The third-order valence-electron chi connectivity index (χ3n) is 6.15. The molecule has 2 aliphatic rings. The standard InChI is InChI=1S/C16H27NO/c1-12(2)13-5-7-16(11-17,8-6-13)15(4,18)14(3)9-10-14/h12-13,18H,5-10H2,1-4H3. The van der Waals surface area contributed by atoms with Crippen molar-refractivity contribution in [3.63, 3.8) is 0 Å². The van der Waals surface area contributed by atoms with Crippen LogP contribution >= 0.6 is 0 Å². The molecular formula is C16H27NO. The number of nitriles is 1. The van der Waals surface area contributed by atoms with Gasteiger partial charge in [0.25, 0.3) is 0 Å². The van der Waals surface area contributed by atoms with Crippen LogP contribution in [-0.4, -0.2) is 10.7 Å². The maximum Gasteiger partial charge on any atom is 0.0863 e. The SMILES string of the molecule is CC(C)C1CCC(C#N)(C(C)(O)C2(C)CC2)CC1. The lowest BCUT2D eigenvalue weighted by Crippen LogP contribution is -2.52. The fraction of sp³-hybridized carbons (Fsp3) is 0.938. The van der Waals surface area contributed by atoms with Gasteiger partial charge in [0.1, 0.15) is 0 Å². The van der Waals surface area contributed by atoms with Gasteiger partial charge in [0, 0.05) is 0 Å². The molecule has 18 heavy (non-hydrogen) atoms. The molecule has 2 fully saturated rings. The minimum atomic E-state index is -0.823. The Balaban J connectivity index is 2.17. The molecule has 1 unspecified atom stereocenters. The number of hydrogen-bond acceptors (Lipinski definition) is 2. The van der Waals surface area contributed by atoms with Gasteiger partial charge >= 0.3 is 0 Å². The van der Waals surface area contributed by atoms with Crippen molar-refractivity contribution in [2.75, 3.05) is 0 Å². The second kappa shape index (κ2) is 4.23. The van der Waals surface area contributed by atoms with Crippen molar-refractivity contribution in [2.24, 2.45) is 22.7 Å². The van der Waals surface area contributed by atoms with E-state index in [1.54, 1.807) is 0 Å². The molecule has 0 aromatic heterocycles. The smallest absolute Gasteiger partial charge is 0.0863 e. The van der Waals surface area contributed by atoms with E-state index < -0.39 is 11.0 Å². The van der Waals surface area contributed by atoms with Crippen molar-refractivity contribution in [1.29, 1.82) is 5.26 Å². The fourth-order valence-electron chi connectivity index (χ4n) is 3.76. The maximum atomic E-state index is 11.0. The largest absolute Gasteiger partial charge is 0.388 e. The molecule has 0 aromatic carbocycles. The molecule has 2 rings (SSSR count). The number of hydrogen-bond donors (Lipinski definition) is 1. The van der Waals surface area contributed by atoms with Gasteiger partial charge < -0.3 is 5.11 Å². The summed E-state index contributed by atoms with van der Waals surface area (Å²) in [6.07, 6.45) is 6.06. The molecule has 1 N–H and O–H groups in total. The summed E-state index contributed by atoms with van der Waals surface area (Å²) >= 11 is 0. The monoisotopic (exact) mass is 249 g/mol. The molecule has 2 saturated carbocycles. The van der Waals surface area contributed by atoms with Crippen molar-refractivity contribution < 1.29 is 5.11 Å². The van der Waals surface area contributed by atoms with Gasteiger partial charge in [0.15, 0.2) is 0 Å². The van der Waals surface area contributed by atoms with E-state index in [9.17, 15) is 10.4 Å². The first-order valence-corrected chi connectivity index (χ1v) is 7.42. The van der Waals surface area contributed by atoms with Crippen molar-refractivity contribution in [3.8, 4) is 6.07 Å². The Morgan fingerprint density at radius 2 is 1.72 bits per heavy atom. The Morgan fingerprint density at radius 1 is 1.22 bits per heavy atom. The zero-order valence-corrected chi connectivity index (χ0v) is 12.3. The van der Waals surface area contributed by atoms with Gasteiger partial charge in [-0.25, -0.2) is 0 Å². The Bertz CT molecular complexity index is 352. The molecule has 1 atom stereocenters. The Morgan fingerprint density at radius 3 is 2.06 bits per heavy atom. The van der Waals surface area contributed by atoms with Crippen molar-refractivity contribution in [3.05, 3.63) is 0 Å². The molecule has 102 valence electrons. The van der Waals surface area contributed by atoms with Gasteiger partial charge in [-0.05, 0) is 62.7 Å². The van der Waals surface area contributed by atoms with Crippen LogP contribution in [0, 0.1) is 34.0 Å². The minimum Gasteiger partial charge on any atom is -0.388 e. The molecule has 2 aliphatic carbocycles. The second-order valence-corrected chi connectivity index (χ2v) is 7.41. The van der Waals surface area contributed by atoms with Crippen LogP contribution in [0.3, 0.4) is 0 Å². The Labute approximate surface area is 111 Å². The van der Waals surface area contributed by atoms with E-state index in [2.05, 4.69) is 26.8 Å². The summed E-state index contributed by atoms with van der Waals surface area (Å²) in [4.78, 5) is 0. The summed E-state index contributed by atoms with van der Waals surface area (Å²) < 4.78 is 0. The van der Waals surface area contributed by atoms with Crippen molar-refractivity contribution in [2.45, 2.75) is 71.8 Å². The van der Waals surface area contributed by atoms with E-state index in [0.717, 1.165) is 44.4 Å². The van der Waals surface area contributed by atoms with Gasteiger partial charge in [-0.1, -0.05) is 20.8 Å². The summed E-state index contributed by atoms with van der Waals surface area (Å²) in [7, 11) is 0. The predicted octanol–water partition coefficient (Wildman–Crippen LogP) is 3.89. The normalized spacial score (nSPS) is 37.9. The third kappa shape index (κ3) is 1.88. The summed E-state index contributed by atoms with van der Waals surface area (Å²) in [5, 5.41) is 20.7. The molecule has 0 radical (unpaired) electrons. The lowest BCUT2D eigenvalue weighted by Gasteiger charge is -2.48. The number of rotatable bonds is 3. The lowest BCUT2D eigenvalue weighted by molar-refractivity contribution is -0.114. The van der Waals surface area contributed by atoms with Crippen molar-refractivity contribution in [1.82, 2.24) is 0 Å². The zero-order valence-electron chi connectivity index (χ0n) is 12.3. The van der Waals surface area contributed by atoms with Crippen LogP contribution in [0.4, 0.5) is 0 Å². The van der Waals surface area contributed by atoms with E-state index >= 15 is 0 Å². The van der Waals surface area contributed by atoms with Gasteiger partial charge in [0.05, 0.1) is 17.1 Å². The van der Waals surface area contributed by atoms with Gasteiger partial charge in [-0.2, -0.15) is 5.26 Å². The van der Waals surface area contributed by atoms with Crippen LogP contribution in [0.1, 0.15) is 66.2 Å². The molecule has 0 heterocycles. The van der Waals surface area contributed by atoms with E-state index in [0.29, 0.717) is 5.92 Å². The summed E-state index contributed by atoms with van der Waals surface area (Å²) in [5.74, 6) is 1.43. The molecule has 0 saturated heterocycles. The second-order valence-electron chi connectivity index (χ2n) is 7.41. The molecule has 0 aromatic rings. The Hall–Kier alpha value is -0.550. The average Bonchev–Trinajstić information content (AvgIpc) is 3.08. The highest BCUT2D eigenvalue weighted by atomic mass is 16.3. The molecule has 0 aliphatic heterocycles. The topological polar surface area (TPSA) is 44.0 Å². The van der Waals surface area contributed by atoms with E-state index in [1.807, 2.05) is 6.92 Å². The number of nitrogens with zero attached hydrogens (tertiary/aromatic N) is 1. The van der Waals surface area contributed by atoms with Gasteiger partial charge in [-0.3, -0.25) is 0 Å². The molecule has 0 amide bonds.